The van der Waals surface area contributed by atoms with Crippen LogP contribution in [-0.4, -0.2) is 92.2 Å². The first-order valence-corrected chi connectivity index (χ1v) is 18.4. The van der Waals surface area contributed by atoms with E-state index < -0.39 is 5.41 Å². The van der Waals surface area contributed by atoms with Gasteiger partial charge in [0.2, 0.25) is 11.8 Å². The summed E-state index contributed by atoms with van der Waals surface area (Å²) in [4.78, 5) is 42.2. The van der Waals surface area contributed by atoms with Gasteiger partial charge in [0.15, 0.2) is 0 Å². The number of hydrogen-bond donors (Lipinski definition) is 2. The monoisotopic (exact) mass is 737 g/mol. The molecular formula is C38H53BCl2N2NaO6. The zero-order chi connectivity index (χ0) is 34.7. The molecule has 2 aliphatic carbocycles. The molecule has 3 radical (unpaired) electrons. The van der Waals surface area contributed by atoms with Crippen molar-refractivity contribution in [3.05, 3.63) is 69.7 Å². The van der Waals surface area contributed by atoms with Crippen LogP contribution in [0.4, 0.5) is 0 Å². The molecular weight excluding hydrogens is 685 g/mol. The smallest absolute Gasteiger partial charge is 1.00 e. The number of halogens is 2. The summed E-state index contributed by atoms with van der Waals surface area (Å²) < 4.78 is 5.14. The predicted octanol–water partition coefficient (Wildman–Crippen LogP) is 3.29. The number of amides is 2. The maximum atomic E-state index is 13.3. The van der Waals surface area contributed by atoms with Gasteiger partial charge in [-0.3, -0.25) is 14.4 Å². The van der Waals surface area contributed by atoms with E-state index in [0.29, 0.717) is 29.7 Å². The molecule has 2 aromatic rings. The molecule has 2 heterocycles. The van der Waals surface area contributed by atoms with Gasteiger partial charge in [0, 0.05) is 57.9 Å². The van der Waals surface area contributed by atoms with Gasteiger partial charge in [-0.05, 0) is 107 Å². The fourth-order valence-electron chi connectivity index (χ4n) is 7.47. The van der Waals surface area contributed by atoms with Crippen molar-refractivity contribution < 1.29 is 60.3 Å². The van der Waals surface area contributed by atoms with Crippen LogP contribution in [0.2, 0.25) is 10.0 Å². The van der Waals surface area contributed by atoms with Crippen LogP contribution < -0.4 is 29.6 Å². The largest absolute Gasteiger partial charge is 1.00 e. The van der Waals surface area contributed by atoms with Gasteiger partial charge in [-0.2, -0.15) is 0 Å². The van der Waals surface area contributed by atoms with Crippen LogP contribution in [-0.2, 0) is 30.0 Å². The normalized spacial score (nSPS) is 21.5. The second-order valence-electron chi connectivity index (χ2n) is 13.5. The summed E-state index contributed by atoms with van der Waals surface area (Å²) in [5.41, 5.74) is 1.36. The Morgan fingerprint density at radius 2 is 1.18 bits per heavy atom. The topological polar surface area (TPSA) is 107 Å². The number of nitrogens with zero attached hydrogens (tertiary/aromatic N) is 2. The van der Waals surface area contributed by atoms with E-state index in [1.807, 2.05) is 65.3 Å². The maximum Gasteiger partial charge on any atom is 1.00 e. The van der Waals surface area contributed by atoms with E-state index in [9.17, 15) is 19.5 Å². The van der Waals surface area contributed by atoms with Gasteiger partial charge in [-0.25, -0.2) is 0 Å². The Kier molecular flexibility index (Phi) is 18.9. The molecule has 2 atom stereocenters. The van der Waals surface area contributed by atoms with Crippen molar-refractivity contribution in [3.63, 3.8) is 0 Å². The molecule has 0 spiro atoms. The molecule has 0 unspecified atom stereocenters. The van der Waals surface area contributed by atoms with Crippen LogP contribution in [0.3, 0.4) is 0 Å². The third kappa shape index (κ3) is 10.5. The van der Waals surface area contributed by atoms with Crippen LogP contribution in [0.5, 0.6) is 0 Å². The fourth-order valence-corrected chi connectivity index (χ4v) is 7.72. The van der Waals surface area contributed by atoms with Crippen molar-refractivity contribution in [3.8, 4) is 0 Å². The van der Waals surface area contributed by atoms with Gasteiger partial charge in [0.25, 0.3) is 0 Å². The van der Waals surface area contributed by atoms with Crippen molar-refractivity contribution in [2.24, 2.45) is 11.8 Å². The Labute approximate surface area is 333 Å². The van der Waals surface area contributed by atoms with Gasteiger partial charge in [0.1, 0.15) is 0 Å². The number of carbonyl (C=O) groups is 3. The van der Waals surface area contributed by atoms with Gasteiger partial charge < -0.3 is 26.2 Å². The number of rotatable bonds is 7. The number of hydrogen-bond acceptors (Lipinski definition) is 6. The Balaban J connectivity index is 0.000000452. The van der Waals surface area contributed by atoms with Crippen molar-refractivity contribution >= 4 is 49.4 Å². The van der Waals surface area contributed by atoms with E-state index in [2.05, 4.69) is 0 Å². The van der Waals surface area contributed by atoms with E-state index >= 15 is 0 Å². The molecule has 2 aromatic carbocycles. The summed E-state index contributed by atoms with van der Waals surface area (Å²) in [5, 5.41) is 18.3. The van der Waals surface area contributed by atoms with E-state index in [1.54, 1.807) is 6.92 Å². The van der Waals surface area contributed by atoms with Gasteiger partial charge >= 0.3 is 35.5 Å². The number of piperidine rings is 2. The van der Waals surface area contributed by atoms with Crippen LogP contribution in [0.1, 0.15) is 90.6 Å². The van der Waals surface area contributed by atoms with E-state index in [1.165, 1.54) is 0 Å². The molecule has 0 aromatic heterocycles. The second kappa shape index (κ2) is 21.2. The molecule has 50 heavy (non-hydrogen) atoms. The first-order chi connectivity index (χ1) is 23.1. The average Bonchev–Trinajstić information content (AvgIpc) is 3.06. The van der Waals surface area contributed by atoms with Gasteiger partial charge in [-0.15, -0.1) is 0 Å². The number of ether oxygens (including phenoxy) is 1. The summed E-state index contributed by atoms with van der Waals surface area (Å²) in [6.45, 7) is 7.04. The van der Waals surface area contributed by atoms with Crippen LogP contribution >= 0.6 is 23.2 Å². The SMILES string of the molecule is CCO.CCOC(=O)[C@@H]1CCCN(C(=O)C2(c3ccc(Cl)cc3)CCC2)C1.O=C(N1CCC[C@@H](CO)C1)C1(c2ccc(Cl)cc2)CCC1.[B].[H-].[Na+]. The maximum absolute atomic E-state index is 13.3. The number of aliphatic hydroxyl groups excluding tert-OH is 2. The second-order valence-corrected chi connectivity index (χ2v) is 14.4. The molecule has 8 nitrogen and oxygen atoms in total. The Bertz CT molecular complexity index is 1370. The van der Waals surface area contributed by atoms with Gasteiger partial charge in [0.05, 0.1) is 23.4 Å². The summed E-state index contributed by atoms with van der Waals surface area (Å²) >= 11 is 12.0. The Morgan fingerprint density at radius 1 is 0.760 bits per heavy atom. The first kappa shape index (κ1) is 44.6. The third-order valence-electron chi connectivity index (χ3n) is 10.4. The van der Waals surface area contributed by atoms with E-state index in [-0.39, 0.29) is 87.6 Å². The van der Waals surface area contributed by atoms with Crippen LogP contribution in [0.15, 0.2) is 48.5 Å². The number of esters is 1. The third-order valence-corrected chi connectivity index (χ3v) is 10.9. The quantitative estimate of drug-likeness (QED) is 0.334. The summed E-state index contributed by atoms with van der Waals surface area (Å²) in [6, 6.07) is 15.4. The van der Waals surface area contributed by atoms with E-state index in [0.717, 1.165) is 88.4 Å². The molecule has 269 valence electrons. The minimum Gasteiger partial charge on any atom is -1.00 e. The van der Waals surface area contributed by atoms with E-state index in [4.69, 9.17) is 33.0 Å². The Morgan fingerprint density at radius 3 is 1.56 bits per heavy atom. The summed E-state index contributed by atoms with van der Waals surface area (Å²) in [5.74, 6) is 0.276. The molecule has 12 heteroatoms. The number of aliphatic hydroxyl groups is 2. The minimum absolute atomic E-state index is 0. The molecule has 0 bridgehead atoms. The molecule has 4 fully saturated rings. The molecule has 2 saturated carbocycles. The zero-order valence-corrected chi connectivity index (χ0v) is 33.6. The standard InChI is InChI=1S/C19H24ClNO3.C17H22ClNO2.C2H6O.B.Na.H/c1-2-24-17(22)14-5-3-12-21(13-14)18(23)19(10-4-11-19)15-6-8-16(20)9-7-15;18-15-6-4-14(5-7-15)17(8-2-9-17)16(21)19-10-1-3-13(11-19)12-20;1-2-3;;;/h6-9,14H,2-5,10-13H2,1H3;4-7,13,20H,1-3,8-12H2;3H,2H2,1H3;;;/q;;;;+1;-1/t14-;13-;;;;/m11..../s1. The van der Waals surface area contributed by atoms with Crippen LogP contribution in [0.25, 0.3) is 0 Å². The minimum atomic E-state index is -0.429. The number of likely N-dealkylation sites (tertiary alicyclic amines) is 2. The van der Waals surface area contributed by atoms with Crippen LogP contribution in [0, 0.1) is 11.8 Å². The van der Waals surface area contributed by atoms with Crippen molar-refractivity contribution in [2.45, 2.75) is 88.9 Å². The zero-order valence-electron chi connectivity index (χ0n) is 31.0. The Hall–Kier alpha value is -1.59. The number of benzene rings is 2. The summed E-state index contributed by atoms with van der Waals surface area (Å²) in [6.07, 6.45) is 9.42. The number of carbonyl (C=O) groups excluding carboxylic acids is 3. The van der Waals surface area contributed by atoms with Crippen molar-refractivity contribution in [1.82, 2.24) is 9.80 Å². The fraction of sp³-hybridized carbons (Fsp3) is 0.605. The molecule has 6 rings (SSSR count). The first-order valence-electron chi connectivity index (χ1n) is 17.6. The van der Waals surface area contributed by atoms with Gasteiger partial charge in [-0.1, -0.05) is 60.3 Å². The molecule has 2 N–H and O–H groups in total. The van der Waals surface area contributed by atoms with Crippen molar-refractivity contribution in [2.75, 3.05) is 46.0 Å². The molecule has 2 saturated heterocycles. The molecule has 2 aliphatic heterocycles. The summed E-state index contributed by atoms with van der Waals surface area (Å²) in [7, 11) is 0. The predicted molar refractivity (Wildman–Crippen MR) is 196 cm³/mol. The molecule has 2 amide bonds. The molecule has 4 aliphatic rings. The average molecular weight is 739 g/mol. The van der Waals surface area contributed by atoms with Crippen molar-refractivity contribution in [1.29, 1.82) is 0 Å².